The standard InChI is InChI=1S/C46H65N9O9S2.C45H63N9O9S2/c1-27(2)47-44-50-36(26-65-44)35-22-38(32-17-16-30(63-8)20-34(32)48-35)64-31-21-37-40(56)52-46(42(58)59)23-29(46)14-12-10-9-11-13-15-33(41(57)54(37)24-31)49-43(60)51-39(45(5,6)7)25-53-18-19-55(28(3)4)66(53,61)62;1-27(2)46-43-49-35(26-64-43)34-22-37(31-17-16-29(62-7)20-33(31)47-34)63-30-21-36-39(55)51-45(41(57)58)23-28(45)14-11-9-8-10-12-15-32(40(56)54(36)24-30)48-42(59)50-38(44(3,4)5)25-53-19-13-18-52(6)65(53,60)61/h12,14,16-17,20,22,26-29,31,33,37,39H,9-11,13,15,18-19,21,23-25H2,1-8H3,(H,47,50)(H,52,56)(H,58,59)(H2,49,51,60);11,14,16-17,20,22,26-28,30,32,36,38H,8-10,12-13,15,18-19,21,23-25H2,1-7H3,(H,46,49)(H,51,55)(H,57,58)(H2,48,50,59)/b14-12-;14-11-/t29?,31-,33+,37+,39-,46-;28?,30-,32+,36+,38-,45-/m11/s1. The number of hydrogen-bond acceptors (Lipinski definition) is 24. The average molecular weight is 1890 g/mol. The number of fused-ring (bicyclic) bond motifs is 6. The Bertz CT molecular complexity index is 5500. The lowest BCUT2D eigenvalue weighted by Crippen LogP contribution is -2.60. The molecule has 2 unspecified atom stereocenters. The summed E-state index contributed by atoms with van der Waals surface area (Å²) in [5, 5.41) is 51.5. The summed E-state index contributed by atoms with van der Waals surface area (Å²) in [5.41, 5.74) is -0.676. The number of ether oxygens (including phenoxy) is 4. The van der Waals surface area contributed by atoms with Crippen LogP contribution in [0, 0.1) is 22.7 Å². The zero-order chi connectivity index (χ0) is 94.6. The highest BCUT2D eigenvalue weighted by Gasteiger charge is 2.63. The molecule has 131 heavy (non-hydrogen) atoms. The van der Waals surface area contributed by atoms with Gasteiger partial charge in [0, 0.05) is 147 Å². The van der Waals surface area contributed by atoms with E-state index in [2.05, 4.69) is 42.5 Å². The number of rotatable bonds is 23. The second kappa shape index (κ2) is 40.8. The molecule has 12 atom stereocenters. The van der Waals surface area contributed by atoms with Gasteiger partial charge in [-0.15, -0.1) is 22.7 Å². The SMILES string of the molecule is COc1ccc2c(O[C@@H]3C[C@H]4C(=O)N[C@]5(C(=O)O)CC5/C=C\CCCCC[C@H](NC(=O)N[C@H](CN5CCCN(C)S5(=O)=O)C(C)(C)C)C(=O)N4C3)cc(-c3csc(NC(C)C)n3)nc2c1.COc1ccc2c(O[C@@H]3C[C@H]4C(=O)N[C@]5(C(=O)O)CC5/C=C\CCCCC[C@H](NC(=O)N[C@H](CN5CCN(C(C)C)S5(=O)=O)C(C)(C)C)C(=O)N4C3)cc(-c3csc(NC(C)C)n3)nc2c1. The van der Waals surface area contributed by atoms with Crippen LogP contribution >= 0.6 is 22.7 Å². The van der Waals surface area contributed by atoms with Crippen molar-refractivity contribution < 1.29 is 84.4 Å². The smallest absolute Gasteiger partial charge is 0.330 e. The monoisotopic (exact) mass is 1890 g/mol. The molecule has 36 nitrogen and oxygen atoms in total. The van der Waals surface area contributed by atoms with Crippen molar-refractivity contribution >= 4 is 123 Å². The summed E-state index contributed by atoms with van der Waals surface area (Å²) in [5.74, 6) is -3.33. The van der Waals surface area contributed by atoms with Crippen LogP contribution in [0.25, 0.3) is 44.6 Å². The Balaban J connectivity index is 0.000000223. The number of amides is 8. The molecule has 2 saturated carbocycles. The number of aromatic nitrogens is 4. The third-order valence-corrected chi connectivity index (χ3v) is 31.3. The quantitative estimate of drug-likeness (QED) is 0.0266. The average Bonchev–Trinajstić information content (AvgIpc) is 1.58. The summed E-state index contributed by atoms with van der Waals surface area (Å²) in [6, 6.07) is 7.56. The first-order valence-corrected chi connectivity index (χ1v) is 50.0. The van der Waals surface area contributed by atoms with Gasteiger partial charge >= 0.3 is 24.0 Å². The minimum Gasteiger partial charge on any atom is -0.497 e. The molecule has 0 radical (unpaired) electrons. The maximum Gasteiger partial charge on any atom is 0.330 e. The molecule has 10 heterocycles. The van der Waals surface area contributed by atoms with Crippen molar-refractivity contribution in [2.24, 2.45) is 22.7 Å². The molecule has 6 fully saturated rings. The molecule has 8 amide bonds. The number of hydrogen-bond donors (Lipinski definition) is 10. The fourth-order valence-electron chi connectivity index (χ4n) is 17.7. The van der Waals surface area contributed by atoms with Crippen LogP contribution in [-0.4, -0.2) is 273 Å². The largest absolute Gasteiger partial charge is 0.497 e. The van der Waals surface area contributed by atoms with Crippen LogP contribution < -0.4 is 61.5 Å². The Morgan fingerprint density at radius 2 is 0.977 bits per heavy atom. The first-order valence-electron chi connectivity index (χ1n) is 45.4. The summed E-state index contributed by atoms with van der Waals surface area (Å²) in [7, 11) is -2.79. The number of anilines is 2. The molecule has 10 N–H and O–H groups in total. The molecule has 714 valence electrons. The van der Waals surface area contributed by atoms with Crippen LogP contribution in [0.2, 0.25) is 0 Å². The zero-order valence-corrected chi connectivity index (χ0v) is 80.6. The third-order valence-electron chi connectivity index (χ3n) is 25.6. The first kappa shape index (κ1) is 98.4. The van der Waals surface area contributed by atoms with Crippen LogP contribution in [0.3, 0.4) is 0 Å². The topological polar surface area (TPSA) is 449 Å². The van der Waals surface area contributed by atoms with Gasteiger partial charge in [-0.3, -0.25) is 19.2 Å². The fraction of sp³-hybridized carbons (Fsp3) is 0.604. The van der Waals surface area contributed by atoms with E-state index in [0.29, 0.717) is 119 Å². The normalized spacial score (nSPS) is 26.3. The van der Waals surface area contributed by atoms with Gasteiger partial charge in [0.05, 0.1) is 49.7 Å². The number of thiazole rings is 2. The number of methoxy groups -OCH3 is 2. The number of carboxylic acids is 2. The van der Waals surface area contributed by atoms with Crippen LogP contribution in [0.15, 0.2) is 83.6 Å². The van der Waals surface area contributed by atoms with E-state index in [9.17, 15) is 65.4 Å². The molecule has 14 rings (SSSR count). The lowest BCUT2D eigenvalue weighted by atomic mass is 9.86. The number of nitrogens with one attached hydrogen (secondary N) is 8. The van der Waals surface area contributed by atoms with Crippen molar-refractivity contribution in [1.29, 1.82) is 0 Å². The molecule has 0 spiro atoms. The third kappa shape index (κ3) is 23.0. The zero-order valence-electron chi connectivity index (χ0n) is 77.4. The summed E-state index contributed by atoms with van der Waals surface area (Å²) in [4.78, 5) is 135. The van der Waals surface area contributed by atoms with Gasteiger partial charge in [-0.05, 0) is 134 Å². The molecule has 8 aliphatic rings. The number of carbonyl (C=O) groups is 8. The van der Waals surface area contributed by atoms with E-state index in [1.807, 2.05) is 130 Å². The van der Waals surface area contributed by atoms with Gasteiger partial charge in [-0.1, -0.05) is 91.5 Å². The highest BCUT2D eigenvalue weighted by Crippen LogP contribution is 2.48. The number of carboxylic acid groups (broad SMARTS) is 2. The molecule has 0 bridgehead atoms. The van der Waals surface area contributed by atoms with E-state index in [4.69, 9.17) is 38.9 Å². The van der Waals surface area contributed by atoms with E-state index >= 15 is 0 Å². The fourth-order valence-corrected chi connectivity index (χ4v) is 22.7. The first-order chi connectivity index (χ1) is 62.0. The number of pyridine rings is 2. The second-order valence-electron chi connectivity index (χ2n) is 38.5. The Hall–Kier alpha value is -10.1. The highest BCUT2D eigenvalue weighted by molar-refractivity contribution is 7.87. The van der Waals surface area contributed by atoms with Crippen LogP contribution in [0.4, 0.5) is 19.9 Å². The number of carbonyl (C=O) groups excluding carboxylic acids is 6. The molecular formula is C91H128N18O18S4. The van der Waals surface area contributed by atoms with Gasteiger partial charge in [-0.25, -0.2) is 39.1 Å². The summed E-state index contributed by atoms with van der Waals surface area (Å²) in [6.07, 6.45) is 13.4. The molecule has 40 heteroatoms. The van der Waals surface area contributed by atoms with Crippen LogP contribution in [0.5, 0.6) is 23.0 Å². The van der Waals surface area contributed by atoms with Gasteiger partial charge in [0.25, 0.3) is 20.4 Å². The molecule has 2 aliphatic carbocycles. The highest BCUT2D eigenvalue weighted by atomic mass is 32.2. The van der Waals surface area contributed by atoms with E-state index in [1.54, 1.807) is 50.6 Å². The van der Waals surface area contributed by atoms with Gasteiger partial charge in [-0.2, -0.15) is 34.1 Å². The Morgan fingerprint density at radius 3 is 1.37 bits per heavy atom. The second-order valence-corrected chi connectivity index (χ2v) is 44.1. The number of urea groups is 2. The van der Waals surface area contributed by atoms with Gasteiger partial charge in [0.15, 0.2) is 10.3 Å². The maximum atomic E-state index is 15.0. The predicted molar refractivity (Wildman–Crippen MR) is 501 cm³/mol. The molecule has 2 aromatic carbocycles. The summed E-state index contributed by atoms with van der Waals surface area (Å²) in [6.45, 7) is 24.6. The minimum atomic E-state index is -3.75. The van der Waals surface area contributed by atoms with Crippen molar-refractivity contribution in [3.05, 3.63) is 83.6 Å². The molecule has 6 aliphatic heterocycles. The van der Waals surface area contributed by atoms with Gasteiger partial charge < -0.3 is 81.5 Å². The van der Waals surface area contributed by atoms with Gasteiger partial charge in [0.2, 0.25) is 23.6 Å². The lowest BCUT2D eigenvalue weighted by Gasteiger charge is -2.39. The Morgan fingerprint density at radius 1 is 0.550 bits per heavy atom. The molecule has 6 aromatic rings. The molecule has 4 saturated heterocycles. The number of benzene rings is 2. The van der Waals surface area contributed by atoms with Crippen molar-refractivity contribution in [1.82, 2.24) is 78.9 Å². The number of nitrogens with zero attached hydrogens (tertiary/aromatic N) is 10. The lowest BCUT2D eigenvalue weighted by molar-refractivity contribution is -0.146. The molecule has 4 aromatic heterocycles. The number of aliphatic carboxylic acids is 2. The van der Waals surface area contributed by atoms with E-state index in [0.717, 1.165) is 35.9 Å². The summed E-state index contributed by atoms with van der Waals surface area (Å²) < 4.78 is 83.4. The van der Waals surface area contributed by atoms with Crippen LogP contribution in [-0.2, 0) is 49.2 Å². The van der Waals surface area contributed by atoms with Gasteiger partial charge in [0.1, 0.15) is 81.8 Å². The maximum absolute atomic E-state index is 15.0. The van der Waals surface area contributed by atoms with Crippen molar-refractivity contribution in [3.63, 3.8) is 0 Å². The van der Waals surface area contributed by atoms with Crippen molar-refractivity contribution in [2.45, 2.75) is 257 Å². The van der Waals surface area contributed by atoms with E-state index in [-0.39, 0.29) is 89.4 Å². The number of allylic oxidation sites excluding steroid dienone is 2. The van der Waals surface area contributed by atoms with Crippen LogP contribution in [0.1, 0.15) is 179 Å². The Labute approximate surface area is 774 Å². The predicted octanol–water partition coefficient (Wildman–Crippen LogP) is 10.3. The van der Waals surface area contributed by atoms with Crippen molar-refractivity contribution in [3.8, 4) is 45.8 Å². The Kier molecular flexibility index (Phi) is 30.6. The van der Waals surface area contributed by atoms with E-state index < -0.39 is 150 Å². The van der Waals surface area contributed by atoms with Crippen molar-refractivity contribution in [2.75, 3.05) is 84.3 Å². The molecular weight excluding hydrogens is 1760 g/mol. The summed E-state index contributed by atoms with van der Waals surface area (Å²) >= 11 is 2.90. The minimum absolute atomic E-state index is 0.0327. The van der Waals surface area contributed by atoms with E-state index in [1.165, 1.54) is 56.7 Å².